The maximum absolute atomic E-state index is 13.4. The number of aliphatic hydroxyl groups excluding tert-OH is 5. The van der Waals surface area contributed by atoms with Crippen molar-refractivity contribution in [3.63, 3.8) is 0 Å². The van der Waals surface area contributed by atoms with Crippen molar-refractivity contribution in [1.82, 2.24) is 5.32 Å². The third-order valence-corrected chi connectivity index (χ3v) is 13.2. The fraction of sp³-hybridized carbons (Fsp3) is 0.618. The van der Waals surface area contributed by atoms with E-state index in [1.807, 2.05) is 18.2 Å². The third-order valence-electron chi connectivity index (χ3n) is 13.2. The number of allylic oxidation sites excluding steroid dienone is 23. The molecule has 446 valence electrons. The van der Waals surface area contributed by atoms with Crippen LogP contribution in [0.15, 0.2) is 146 Å². The zero-order chi connectivity index (χ0) is 57.5. The van der Waals surface area contributed by atoms with E-state index < -0.39 is 67.4 Å². The molecule has 0 aromatic carbocycles. The van der Waals surface area contributed by atoms with Gasteiger partial charge in [-0.1, -0.05) is 237 Å². The summed E-state index contributed by atoms with van der Waals surface area (Å²) in [4.78, 5) is 26.5. The zero-order valence-corrected chi connectivity index (χ0v) is 49.2. The summed E-state index contributed by atoms with van der Waals surface area (Å²) in [6, 6.07) is -1.07. The number of esters is 1. The first-order valence-electron chi connectivity index (χ1n) is 30.6. The van der Waals surface area contributed by atoms with Gasteiger partial charge in [0.15, 0.2) is 12.4 Å². The van der Waals surface area contributed by atoms with Gasteiger partial charge in [-0.25, -0.2) is 0 Å². The Hall–Kier alpha value is -4.46. The molecule has 0 aliphatic carbocycles. The predicted molar refractivity (Wildman–Crippen MR) is 328 cm³/mol. The van der Waals surface area contributed by atoms with Gasteiger partial charge < -0.3 is 45.1 Å². The number of aliphatic hydroxyl groups is 5. The first-order chi connectivity index (χ1) is 38.7. The normalized spacial score (nSPS) is 19.9. The van der Waals surface area contributed by atoms with Crippen molar-refractivity contribution < 1.29 is 49.3 Å². The van der Waals surface area contributed by atoms with Crippen LogP contribution in [-0.2, 0) is 23.8 Å². The molecule has 1 heterocycles. The Morgan fingerprint density at radius 1 is 0.506 bits per heavy atom. The molecule has 0 spiro atoms. The highest BCUT2D eigenvalue weighted by atomic mass is 16.7. The van der Waals surface area contributed by atoms with Gasteiger partial charge in [0.05, 0.1) is 25.4 Å². The van der Waals surface area contributed by atoms with Gasteiger partial charge >= 0.3 is 5.97 Å². The molecule has 6 N–H and O–H groups in total. The van der Waals surface area contributed by atoms with Crippen molar-refractivity contribution in [3.8, 4) is 0 Å². The van der Waals surface area contributed by atoms with Crippen LogP contribution in [0.4, 0.5) is 0 Å². The van der Waals surface area contributed by atoms with E-state index in [9.17, 15) is 35.1 Å². The first-order valence-corrected chi connectivity index (χ1v) is 30.6. The molecule has 8 unspecified atom stereocenters. The monoisotopic (exact) mass is 1100 g/mol. The van der Waals surface area contributed by atoms with Crippen LogP contribution in [0, 0.1) is 0 Å². The molecule has 1 amide bonds. The lowest BCUT2D eigenvalue weighted by Gasteiger charge is -2.41. The van der Waals surface area contributed by atoms with Gasteiger partial charge in [0, 0.05) is 6.42 Å². The maximum atomic E-state index is 13.4. The molecule has 1 saturated heterocycles. The van der Waals surface area contributed by atoms with E-state index in [0.29, 0.717) is 19.3 Å². The van der Waals surface area contributed by atoms with Crippen LogP contribution in [0.5, 0.6) is 0 Å². The van der Waals surface area contributed by atoms with E-state index >= 15 is 0 Å². The largest absolute Gasteiger partial charge is 0.454 e. The average Bonchev–Trinajstić information content (AvgIpc) is 3.49. The Bertz CT molecular complexity index is 1840. The Morgan fingerprint density at radius 3 is 1.37 bits per heavy atom. The van der Waals surface area contributed by atoms with Crippen molar-refractivity contribution in [1.29, 1.82) is 0 Å². The van der Waals surface area contributed by atoms with E-state index in [4.69, 9.17) is 14.2 Å². The second kappa shape index (κ2) is 54.1. The molecule has 0 bridgehead atoms. The molecule has 0 saturated carbocycles. The number of amides is 1. The average molecular weight is 1100 g/mol. The Balaban J connectivity index is 2.79. The summed E-state index contributed by atoms with van der Waals surface area (Å²) in [6.45, 7) is 5.48. The number of ether oxygens (including phenoxy) is 3. The minimum atomic E-state index is -1.66. The van der Waals surface area contributed by atoms with Crippen molar-refractivity contribution in [2.24, 2.45) is 0 Å². The smallest absolute Gasteiger partial charge is 0.306 e. The summed E-state index contributed by atoms with van der Waals surface area (Å²) >= 11 is 0. The summed E-state index contributed by atoms with van der Waals surface area (Å²) in [7, 11) is 0. The minimum Gasteiger partial charge on any atom is -0.454 e. The third kappa shape index (κ3) is 42.1. The first kappa shape index (κ1) is 72.6. The number of unbranched alkanes of at least 4 members (excludes halogenated alkanes) is 13. The minimum absolute atomic E-state index is 0.0147. The Labute approximate surface area is 479 Å². The zero-order valence-electron chi connectivity index (χ0n) is 49.2. The summed E-state index contributed by atoms with van der Waals surface area (Å²) in [5, 5.41) is 56.9. The van der Waals surface area contributed by atoms with Gasteiger partial charge in [0.2, 0.25) is 5.91 Å². The van der Waals surface area contributed by atoms with Crippen LogP contribution in [0.3, 0.4) is 0 Å². The van der Waals surface area contributed by atoms with Crippen LogP contribution in [0.1, 0.15) is 207 Å². The molecule has 1 aliphatic heterocycles. The molecule has 11 heteroatoms. The molecule has 8 atom stereocenters. The molecular formula is C68H109NO10. The number of hydrogen-bond acceptors (Lipinski definition) is 10. The van der Waals surface area contributed by atoms with Crippen molar-refractivity contribution in [3.05, 3.63) is 146 Å². The number of rotatable bonds is 49. The predicted octanol–water partition coefficient (Wildman–Crippen LogP) is 14.6. The molecule has 0 aromatic heterocycles. The van der Waals surface area contributed by atoms with Gasteiger partial charge in [-0.05, 0) is 109 Å². The van der Waals surface area contributed by atoms with Gasteiger partial charge in [0.25, 0.3) is 0 Å². The lowest BCUT2D eigenvalue weighted by atomic mass is 9.99. The van der Waals surface area contributed by atoms with Gasteiger partial charge in [-0.15, -0.1) is 0 Å². The van der Waals surface area contributed by atoms with E-state index in [2.05, 4.69) is 148 Å². The quantitative estimate of drug-likeness (QED) is 0.0195. The van der Waals surface area contributed by atoms with Gasteiger partial charge in [-0.2, -0.15) is 0 Å². The molecule has 1 fully saturated rings. The van der Waals surface area contributed by atoms with Gasteiger partial charge in [-0.3, -0.25) is 9.59 Å². The van der Waals surface area contributed by atoms with E-state index in [0.717, 1.165) is 103 Å². The molecular weight excluding hydrogens is 991 g/mol. The highest BCUT2D eigenvalue weighted by Crippen LogP contribution is 2.26. The summed E-state index contributed by atoms with van der Waals surface area (Å²) in [5.41, 5.74) is 0. The fourth-order valence-electron chi connectivity index (χ4n) is 8.47. The van der Waals surface area contributed by atoms with Crippen LogP contribution in [0.2, 0.25) is 0 Å². The topological polar surface area (TPSA) is 175 Å². The summed E-state index contributed by atoms with van der Waals surface area (Å²) in [6.07, 6.45) is 67.5. The fourth-order valence-corrected chi connectivity index (χ4v) is 8.47. The van der Waals surface area contributed by atoms with Crippen LogP contribution in [-0.4, -0.2) is 99.6 Å². The maximum Gasteiger partial charge on any atom is 0.306 e. The standard InChI is InChI=1S/C68H109NO10/c1-4-7-10-13-16-19-22-25-27-29-31-33-35-38-41-44-47-50-53-56-63(73)79-66-65(75)64(74)62(57-70)78-68(66)77-58-59(60(71)54-51-48-45-42-39-36-24-21-18-15-12-9-6-3)69-67(76)61(72)55-52-49-46-43-40-37-34-32-30-28-26-23-20-17-14-11-8-5-2/h7-8,10-11,16-17,19-20,25-28,31-34,38,40-41,43,47,50-51,54,59-62,64-66,68,70-72,74-75H,4-6,9,12-15,18,21-24,29-30,35-37,39,42,44-46,48-49,52-53,55-58H2,1-3H3,(H,69,76)/b10-7-,11-8-,19-16-,20-17-,27-25-,28-26-,33-31-,34-32-,41-38-,43-40-,50-47-,54-51+. The molecule has 1 rings (SSSR count). The van der Waals surface area contributed by atoms with Crippen LogP contribution in [0.25, 0.3) is 0 Å². The van der Waals surface area contributed by atoms with Gasteiger partial charge in [0.1, 0.15) is 24.4 Å². The number of carbonyl (C=O) groups is 2. The highest BCUT2D eigenvalue weighted by molar-refractivity contribution is 5.80. The van der Waals surface area contributed by atoms with Crippen molar-refractivity contribution in [2.45, 2.75) is 256 Å². The lowest BCUT2D eigenvalue weighted by molar-refractivity contribution is -0.305. The van der Waals surface area contributed by atoms with Crippen molar-refractivity contribution in [2.75, 3.05) is 13.2 Å². The molecule has 0 radical (unpaired) electrons. The van der Waals surface area contributed by atoms with E-state index in [-0.39, 0.29) is 19.4 Å². The van der Waals surface area contributed by atoms with E-state index in [1.165, 1.54) is 51.4 Å². The van der Waals surface area contributed by atoms with Crippen LogP contribution >= 0.6 is 0 Å². The number of nitrogens with one attached hydrogen (secondary N) is 1. The highest BCUT2D eigenvalue weighted by Gasteiger charge is 2.47. The Morgan fingerprint density at radius 2 is 0.911 bits per heavy atom. The molecule has 11 nitrogen and oxygen atoms in total. The summed E-state index contributed by atoms with van der Waals surface area (Å²) in [5.74, 6) is -1.33. The second-order valence-electron chi connectivity index (χ2n) is 20.3. The summed E-state index contributed by atoms with van der Waals surface area (Å²) < 4.78 is 17.5. The van der Waals surface area contributed by atoms with Crippen LogP contribution < -0.4 is 5.32 Å². The second-order valence-corrected chi connectivity index (χ2v) is 20.3. The van der Waals surface area contributed by atoms with E-state index in [1.54, 1.807) is 6.08 Å². The number of carbonyl (C=O) groups excluding carboxylic acids is 2. The lowest BCUT2D eigenvalue weighted by Crippen LogP contribution is -2.61. The number of hydrogen-bond donors (Lipinski definition) is 6. The Kier molecular flexibility index (Phi) is 49.7. The molecule has 1 aliphatic rings. The molecule has 0 aromatic rings. The SMILES string of the molecule is CC/C=C\C/C=C\C/C=C\C/C=C\C/C=C\C/C=C\CCC(=O)OC1C(OCC(NC(=O)C(O)CCCC/C=C\C/C=C\C/C=C\C/C=C\C/C=C\CC)C(O)/C=C/CCCCCCCCCCCCC)OC(CO)C(O)C1O. The molecule has 79 heavy (non-hydrogen) atoms. The van der Waals surface area contributed by atoms with Crippen molar-refractivity contribution >= 4 is 11.9 Å².